The van der Waals surface area contributed by atoms with Gasteiger partial charge >= 0.3 is 0 Å². The number of hydrogen-bond donors (Lipinski definition) is 1. The molecule has 1 heterocycles. The van der Waals surface area contributed by atoms with Gasteiger partial charge in [-0.2, -0.15) is 5.10 Å². The van der Waals surface area contributed by atoms with Crippen molar-refractivity contribution in [3.63, 3.8) is 0 Å². The Hall–Kier alpha value is -2.15. The minimum absolute atomic E-state index is 0.166. The first-order valence-corrected chi connectivity index (χ1v) is 9.66. The molecule has 0 fully saturated rings. The summed E-state index contributed by atoms with van der Waals surface area (Å²) in [6.45, 7) is 0. The number of rotatable bonds is 6. The second-order valence-electron chi connectivity index (χ2n) is 5.00. The second-order valence-corrected chi connectivity index (χ2v) is 7.52. The van der Waals surface area contributed by atoms with Gasteiger partial charge in [0.15, 0.2) is 4.34 Å². The van der Waals surface area contributed by atoms with Gasteiger partial charge in [0.05, 0.1) is 17.7 Å². The predicted octanol–water partition coefficient (Wildman–Crippen LogP) is 4.71. The molecular weight excluding hydrogens is 374 g/mol. The first-order chi connectivity index (χ1) is 12.2. The lowest BCUT2D eigenvalue weighted by atomic mass is 10.2. The van der Waals surface area contributed by atoms with Gasteiger partial charge in [0.1, 0.15) is 0 Å². The lowest BCUT2D eigenvalue weighted by molar-refractivity contribution is -0.118. The molecule has 0 spiro atoms. The maximum Gasteiger partial charge on any atom is 0.250 e. The SMILES string of the molecule is O=C(CSc1nc(-c2ccc(Cl)cc2)cs1)N/N=C/c1ccccc1. The minimum atomic E-state index is -0.166. The number of halogens is 1. The normalized spacial score (nSPS) is 10.9. The van der Waals surface area contributed by atoms with Crippen LogP contribution in [0.15, 0.2) is 69.4 Å². The molecule has 0 bridgehead atoms. The van der Waals surface area contributed by atoms with E-state index in [4.69, 9.17) is 11.6 Å². The molecule has 7 heteroatoms. The summed E-state index contributed by atoms with van der Waals surface area (Å²) in [6, 6.07) is 17.1. The number of carbonyl (C=O) groups is 1. The van der Waals surface area contributed by atoms with Crippen molar-refractivity contribution in [2.45, 2.75) is 4.34 Å². The van der Waals surface area contributed by atoms with Crippen molar-refractivity contribution >= 4 is 46.8 Å². The highest BCUT2D eigenvalue weighted by atomic mass is 35.5. The summed E-state index contributed by atoms with van der Waals surface area (Å²) in [4.78, 5) is 16.4. The van der Waals surface area contributed by atoms with Gasteiger partial charge in [0.25, 0.3) is 5.91 Å². The molecule has 1 amide bonds. The third-order valence-corrected chi connectivity index (χ3v) is 5.43. The van der Waals surface area contributed by atoms with Crippen molar-refractivity contribution in [3.05, 3.63) is 70.6 Å². The number of hydrazone groups is 1. The Bertz CT molecular complexity index is 864. The van der Waals surface area contributed by atoms with E-state index >= 15 is 0 Å². The first kappa shape index (κ1) is 17.7. The highest BCUT2D eigenvalue weighted by Gasteiger charge is 2.07. The minimum Gasteiger partial charge on any atom is -0.272 e. The summed E-state index contributed by atoms with van der Waals surface area (Å²) < 4.78 is 0.840. The molecule has 126 valence electrons. The molecule has 1 N–H and O–H groups in total. The van der Waals surface area contributed by atoms with Crippen molar-refractivity contribution in [2.24, 2.45) is 5.10 Å². The molecule has 2 aromatic carbocycles. The molecular formula is C18H14ClN3OS2. The van der Waals surface area contributed by atoms with E-state index in [9.17, 15) is 4.79 Å². The van der Waals surface area contributed by atoms with Crippen LogP contribution in [0, 0.1) is 0 Å². The summed E-state index contributed by atoms with van der Waals surface area (Å²) in [5.74, 6) is 0.0973. The van der Waals surface area contributed by atoms with E-state index in [1.807, 2.05) is 60.0 Å². The fourth-order valence-electron chi connectivity index (χ4n) is 1.95. The van der Waals surface area contributed by atoms with Crippen molar-refractivity contribution in [1.29, 1.82) is 0 Å². The van der Waals surface area contributed by atoms with Gasteiger partial charge in [0, 0.05) is 16.0 Å². The highest BCUT2D eigenvalue weighted by molar-refractivity contribution is 8.01. The third-order valence-electron chi connectivity index (χ3n) is 3.15. The number of thiazole rings is 1. The standard InChI is InChI=1S/C18H14ClN3OS2/c19-15-8-6-14(7-9-15)16-11-24-18(21-16)25-12-17(23)22-20-10-13-4-2-1-3-5-13/h1-11H,12H2,(H,22,23)/b20-10+. The van der Waals surface area contributed by atoms with Crippen molar-refractivity contribution < 1.29 is 4.79 Å². The smallest absolute Gasteiger partial charge is 0.250 e. The molecule has 0 unspecified atom stereocenters. The summed E-state index contributed by atoms with van der Waals surface area (Å²) in [7, 11) is 0. The molecule has 0 aliphatic carbocycles. The van der Waals surface area contributed by atoms with Gasteiger partial charge in [0.2, 0.25) is 0 Å². The van der Waals surface area contributed by atoms with Crippen LogP contribution in [0.1, 0.15) is 5.56 Å². The van der Waals surface area contributed by atoms with E-state index in [0.717, 1.165) is 21.2 Å². The lowest BCUT2D eigenvalue weighted by Gasteiger charge is -1.98. The van der Waals surface area contributed by atoms with Crippen LogP contribution in [0.4, 0.5) is 0 Å². The topological polar surface area (TPSA) is 54.4 Å². The number of thioether (sulfide) groups is 1. The Morgan fingerprint density at radius 2 is 1.96 bits per heavy atom. The van der Waals surface area contributed by atoms with Crippen molar-refractivity contribution in [1.82, 2.24) is 10.4 Å². The molecule has 0 saturated heterocycles. The number of carbonyl (C=O) groups excluding carboxylic acids is 1. The molecule has 4 nitrogen and oxygen atoms in total. The maximum absolute atomic E-state index is 11.8. The first-order valence-electron chi connectivity index (χ1n) is 7.42. The molecule has 25 heavy (non-hydrogen) atoms. The molecule has 0 atom stereocenters. The van der Waals surface area contributed by atoms with Gasteiger partial charge in [-0.25, -0.2) is 10.4 Å². The predicted molar refractivity (Wildman–Crippen MR) is 105 cm³/mol. The number of hydrogen-bond acceptors (Lipinski definition) is 5. The molecule has 0 aliphatic rings. The monoisotopic (exact) mass is 387 g/mol. The van der Waals surface area contributed by atoms with E-state index in [2.05, 4.69) is 15.5 Å². The molecule has 3 rings (SSSR count). The molecule has 1 aromatic heterocycles. The number of nitrogens with zero attached hydrogens (tertiary/aromatic N) is 2. The Labute approximate surface area is 159 Å². The Morgan fingerprint density at radius 1 is 1.20 bits per heavy atom. The van der Waals surface area contributed by atoms with Crippen molar-refractivity contribution in [3.8, 4) is 11.3 Å². The zero-order valence-electron chi connectivity index (χ0n) is 13.1. The van der Waals surface area contributed by atoms with Crippen LogP contribution >= 0.6 is 34.7 Å². The number of benzene rings is 2. The van der Waals surface area contributed by atoms with Gasteiger partial charge in [-0.05, 0) is 17.7 Å². The van der Waals surface area contributed by atoms with Crippen LogP contribution in [-0.4, -0.2) is 22.9 Å². The van der Waals surface area contributed by atoms with E-state index in [1.54, 1.807) is 6.21 Å². The average Bonchev–Trinajstić information content (AvgIpc) is 3.10. The van der Waals surface area contributed by atoms with Crippen LogP contribution in [0.2, 0.25) is 5.02 Å². The van der Waals surface area contributed by atoms with Crippen LogP contribution in [0.3, 0.4) is 0 Å². The van der Waals surface area contributed by atoms with E-state index in [-0.39, 0.29) is 11.7 Å². The molecule has 0 radical (unpaired) electrons. The van der Waals surface area contributed by atoms with Gasteiger partial charge in [-0.1, -0.05) is 65.8 Å². The van der Waals surface area contributed by atoms with Gasteiger partial charge < -0.3 is 0 Å². The Kier molecular flexibility index (Phi) is 6.22. The van der Waals surface area contributed by atoms with E-state index in [1.165, 1.54) is 23.1 Å². The molecule has 0 saturated carbocycles. The second kappa shape index (κ2) is 8.80. The van der Waals surface area contributed by atoms with Crippen LogP contribution in [0.5, 0.6) is 0 Å². The summed E-state index contributed by atoms with van der Waals surface area (Å²) in [5.41, 5.74) is 5.34. The molecule has 3 aromatic rings. The Balaban J connectivity index is 1.49. The zero-order chi connectivity index (χ0) is 17.5. The zero-order valence-corrected chi connectivity index (χ0v) is 15.4. The fraction of sp³-hybridized carbons (Fsp3) is 0.0556. The van der Waals surface area contributed by atoms with Crippen LogP contribution in [-0.2, 0) is 4.79 Å². The largest absolute Gasteiger partial charge is 0.272 e. The fourth-order valence-corrected chi connectivity index (χ4v) is 3.71. The summed E-state index contributed by atoms with van der Waals surface area (Å²) in [6.07, 6.45) is 1.62. The summed E-state index contributed by atoms with van der Waals surface area (Å²) >= 11 is 8.79. The van der Waals surface area contributed by atoms with E-state index < -0.39 is 0 Å². The average molecular weight is 388 g/mol. The molecule has 0 aliphatic heterocycles. The quantitative estimate of drug-likeness (QED) is 0.378. The third kappa shape index (κ3) is 5.42. The van der Waals surface area contributed by atoms with Crippen LogP contribution < -0.4 is 5.43 Å². The van der Waals surface area contributed by atoms with Crippen molar-refractivity contribution in [2.75, 3.05) is 5.75 Å². The van der Waals surface area contributed by atoms with Crippen LogP contribution in [0.25, 0.3) is 11.3 Å². The van der Waals surface area contributed by atoms with Gasteiger partial charge in [-0.3, -0.25) is 4.79 Å². The maximum atomic E-state index is 11.8. The number of nitrogens with one attached hydrogen (secondary N) is 1. The number of amides is 1. The van der Waals surface area contributed by atoms with E-state index in [0.29, 0.717) is 5.02 Å². The lowest BCUT2D eigenvalue weighted by Crippen LogP contribution is -2.19. The number of aromatic nitrogens is 1. The highest BCUT2D eigenvalue weighted by Crippen LogP contribution is 2.28. The Morgan fingerprint density at radius 3 is 2.72 bits per heavy atom. The summed E-state index contributed by atoms with van der Waals surface area (Å²) in [5, 5.41) is 6.61. The van der Waals surface area contributed by atoms with Gasteiger partial charge in [-0.15, -0.1) is 11.3 Å².